The minimum Gasteiger partial charge on any atom is -0.814 e. The van der Waals surface area contributed by atoms with E-state index in [0.29, 0.717) is 39.2 Å². The lowest BCUT2D eigenvalue weighted by Crippen LogP contribution is -2.50. The summed E-state index contributed by atoms with van der Waals surface area (Å²) in [6.45, 7) is 0. The number of carbonyl (C=O) groups is 1. The normalized spacial score (nSPS) is 24.4. The zero-order valence-electron chi connectivity index (χ0n) is 18.6. The largest absolute Gasteiger partial charge is 0.814 e. The van der Waals surface area contributed by atoms with Crippen LogP contribution in [0.3, 0.4) is 0 Å². The lowest BCUT2D eigenvalue weighted by molar-refractivity contribution is -0.558. The summed E-state index contributed by atoms with van der Waals surface area (Å²) in [5.74, 6) is 0.201. The summed E-state index contributed by atoms with van der Waals surface area (Å²) < 4.78 is 6.94. The van der Waals surface area contributed by atoms with Crippen molar-refractivity contribution < 1.29 is 24.2 Å². The molecule has 3 atom stereocenters. The lowest BCUT2D eigenvalue weighted by atomic mass is 9.84. The molecule has 0 radical (unpaired) electrons. The highest BCUT2D eigenvalue weighted by molar-refractivity contribution is 6.30. The first-order valence-electron chi connectivity index (χ1n) is 11.0. The van der Waals surface area contributed by atoms with Crippen molar-refractivity contribution in [1.82, 2.24) is 0 Å². The van der Waals surface area contributed by atoms with Gasteiger partial charge in [-0.2, -0.15) is 0 Å². The first-order valence-corrected chi connectivity index (χ1v) is 11.4. The number of halogens is 1. The van der Waals surface area contributed by atoms with Crippen molar-refractivity contribution in [3.05, 3.63) is 77.3 Å². The Hall–Kier alpha value is -3.95. The van der Waals surface area contributed by atoms with Gasteiger partial charge in [0, 0.05) is 34.8 Å². The molecule has 3 aromatic rings. The molecule has 10 heteroatoms. The maximum absolute atomic E-state index is 13.5. The van der Waals surface area contributed by atoms with E-state index in [1.54, 1.807) is 18.2 Å². The summed E-state index contributed by atoms with van der Waals surface area (Å²) in [6.07, 6.45) is -1.45. The van der Waals surface area contributed by atoms with Crippen LogP contribution in [0.5, 0.6) is 5.75 Å². The smallest absolute Gasteiger partial charge is 0.277 e. The molecule has 3 heterocycles. The molecule has 1 amide bonds. The highest BCUT2D eigenvalue weighted by Gasteiger charge is 2.53. The molecular weight excluding hydrogens is 470 g/mol. The Morgan fingerprint density at radius 3 is 2.74 bits per heavy atom. The number of rotatable bonds is 3. The Labute approximate surface area is 205 Å². The molecule has 0 saturated heterocycles. The molecule has 1 spiro atoms. The Bertz CT molecular complexity index is 1420. The van der Waals surface area contributed by atoms with Crippen molar-refractivity contribution in [3.63, 3.8) is 0 Å². The van der Waals surface area contributed by atoms with Crippen molar-refractivity contribution in [1.29, 1.82) is 0 Å². The SMILES string of the molecule is COc1cc(Cl)ccc1[N+]1=NOC([O-])C1C1=Nc2ccccc2NC2(C1)C(=O)Nc1ccccc12. The van der Waals surface area contributed by atoms with Crippen LogP contribution in [0.15, 0.2) is 77.0 Å². The van der Waals surface area contributed by atoms with Gasteiger partial charge in [0.1, 0.15) is 6.29 Å². The number of nitrogens with one attached hydrogen (secondary N) is 2. The molecule has 0 aliphatic carbocycles. The number of anilines is 2. The molecule has 3 aliphatic heterocycles. The molecule has 3 aliphatic rings. The molecule has 176 valence electrons. The summed E-state index contributed by atoms with van der Waals surface area (Å²) in [6, 6.07) is 19.0. The minimum absolute atomic E-state index is 0.124. The summed E-state index contributed by atoms with van der Waals surface area (Å²) in [4.78, 5) is 23.6. The van der Waals surface area contributed by atoms with Gasteiger partial charge in [-0.25, -0.2) is 4.99 Å². The molecule has 3 aromatic carbocycles. The number of methoxy groups -OCH3 is 1. The standard InChI is InChI=1S/C25H20ClN5O4/c1-34-21-12-14(26)10-11-20(21)31-22(23(32)35-30-31)19-13-25(29-18-9-5-4-8-17(18)27-19)15-6-2-3-7-16(15)28-24(25)33/h2-12,22-23,29H,13H2,1H3,(H,28,33). The number of ether oxygens (including phenoxy) is 1. The van der Waals surface area contributed by atoms with Crippen molar-refractivity contribution in [3.8, 4) is 5.75 Å². The minimum atomic E-state index is -1.57. The average molecular weight is 490 g/mol. The van der Waals surface area contributed by atoms with Crippen LogP contribution in [0.1, 0.15) is 12.0 Å². The zero-order chi connectivity index (χ0) is 24.2. The van der Waals surface area contributed by atoms with E-state index in [9.17, 15) is 9.90 Å². The van der Waals surface area contributed by atoms with Gasteiger partial charge in [-0.05, 0) is 29.0 Å². The Morgan fingerprint density at radius 1 is 1.14 bits per heavy atom. The fourth-order valence-electron chi connectivity index (χ4n) is 4.86. The number of hydrogen-bond donors (Lipinski definition) is 2. The number of fused-ring (bicyclic) bond motifs is 3. The molecular formula is C25H20ClN5O4. The number of amides is 1. The third kappa shape index (κ3) is 3.35. The Morgan fingerprint density at radius 2 is 1.91 bits per heavy atom. The van der Waals surface area contributed by atoms with E-state index in [1.807, 2.05) is 48.5 Å². The topological polar surface area (TPSA) is 110 Å². The summed E-state index contributed by atoms with van der Waals surface area (Å²) in [7, 11) is 1.51. The van der Waals surface area contributed by atoms with Crippen molar-refractivity contribution in [2.45, 2.75) is 24.3 Å². The molecule has 2 N–H and O–H groups in total. The van der Waals surface area contributed by atoms with Crippen molar-refractivity contribution in [2.75, 3.05) is 17.7 Å². The van der Waals surface area contributed by atoms with Gasteiger partial charge in [0.15, 0.2) is 16.6 Å². The monoisotopic (exact) mass is 489 g/mol. The molecule has 0 fully saturated rings. The predicted molar refractivity (Wildman–Crippen MR) is 128 cm³/mol. The number of para-hydroxylation sites is 3. The van der Waals surface area contributed by atoms with E-state index in [-0.39, 0.29) is 12.3 Å². The zero-order valence-corrected chi connectivity index (χ0v) is 19.3. The Kier molecular flexibility index (Phi) is 4.98. The third-order valence-corrected chi connectivity index (χ3v) is 6.71. The van der Waals surface area contributed by atoms with Gasteiger partial charge in [0.05, 0.1) is 24.2 Å². The van der Waals surface area contributed by atoms with E-state index < -0.39 is 17.9 Å². The van der Waals surface area contributed by atoms with Gasteiger partial charge in [-0.1, -0.05) is 41.9 Å². The maximum Gasteiger partial charge on any atom is 0.277 e. The van der Waals surface area contributed by atoms with Gasteiger partial charge >= 0.3 is 0 Å². The first-order chi connectivity index (χ1) is 17.0. The van der Waals surface area contributed by atoms with E-state index in [4.69, 9.17) is 26.2 Å². The first kappa shape index (κ1) is 21.6. The highest BCUT2D eigenvalue weighted by Crippen LogP contribution is 2.46. The second kappa shape index (κ2) is 8.07. The van der Waals surface area contributed by atoms with Crippen LogP contribution in [0, 0.1) is 0 Å². The molecule has 6 rings (SSSR count). The third-order valence-electron chi connectivity index (χ3n) is 6.48. The predicted octanol–water partition coefficient (Wildman–Crippen LogP) is 3.88. The number of hydrogen-bond acceptors (Lipinski definition) is 7. The van der Waals surface area contributed by atoms with E-state index >= 15 is 0 Å². The van der Waals surface area contributed by atoms with Gasteiger partial charge in [-0.15, -0.1) is 0 Å². The number of aliphatic imine (C=N–C) groups is 1. The van der Waals surface area contributed by atoms with Crippen LogP contribution < -0.4 is 20.5 Å². The number of benzene rings is 3. The summed E-state index contributed by atoms with van der Waals surface area (Å²) >= 11 is 6.14. The summed E-state index contributed by atoms with van der Waals surface area (Å²) in [5.41, 5.74) is 2.57. The molecule has 9 nitrogen and oxygen atoms in total. The van der Waals surface area contributed by atoms with E-state index in [1.165, 1.54) is 11.8 Å². The van der Waals surface area contributed by atoms with Crippen LogP contribution in [0.25, 0.3) is 0 Å². The quantitative estimate of drug-likeness (QED) is 0.542. The molecule has 3 unspecified atom stereocenters. The molecule has 0 aromatic heterocycles. The maximum atomic E-state index is 13.5. The van der Waals surface area contributed by atoms with Gasteiger partial charge in [-0.3, -0.25) is 4.79 Å². The van der Waals surface area contributed by atoms with Crippen LogP contribution in [0.4, 0.5) is 22.7 Å². The fraction of sp³-hybridized carbons (Fsp3) is 0.200. The number of nitrogens with zero attached hydrogens (tertiary/aromatic N) is 3. The van der Waals surface area contributed by atoms with Crippen LogP contribution >= 0.6 is 11.6 Å². The molecule has 0 saturated carbocycles. The van der Waals surface area contributed by atoms with E-state index in [0.717, 1.165) is 5.56 Å². The average Bonchev–Trinajstić information content (AvgIpc) is 3.29. The highest BCUT2D eigenvalue weighted by atomic mass is 35.5. The summed E-state index contributed by atoms with van der Waals surface area (Å²) in [5, 5.41) is 24.1. The Balaban J connectivity index is 1.52. The van der Waals surface area contributed by atoms with Gasteiger partial charge in [0.25, 0.3) is 17.6 Å². The van der Waals surface area contributed by atoms with E-state index in [2.05, 4.69) is 15.9 Å². The molecule has 0 bridgehead atoms. The second-order valence-corrected chi connectivity index (χ2v) is 8.92. The van der Waals surface area contributed by atoms with Crippen LogP contribution in [-0.4, -0.2) is 35.8 Å². The van der Waals surface area contributed by atoms with Crippen LogP contribution in [-0.2, 0) is 15.2 Å². The second-order valence-electron chi connectivity index (χ2n) is 8.49. The van der Waals surface area contributed by atoms with Gasteiger partial charge in [0.2, 0.25) is 0 Å². The molecule has 35 heavy (non-hydrogen) atoms. The lowest BCUT2D eigenvalue weighted by Gasteiger charge is -2.30. The fourth-order valence-corrected chi connectivity index (χ4v) is 5.02. The van der Waals surface area contributed by atoms with Gasteiger partial charge < -0.3 is 25.3 Å². The van der Waals surface area contributed by atoms with Crippen molar-refractivity contribution >= 4 is 46.0 Å². The van der Waals surface area contributed by atoms with Crippen molar-refractivity contribution in [2.24, 2.45) is 10.3 Å². The van der Waals surface area contributed by atoms with Crippen LogP contribution in [0.2, 0.25) is 5.02 Å². The number of carbonyl (C=O) groups excluding carboxylic acids is 1.